The van der Waals surface area contributed by atoms with Gasteiger partial charge in [-0.1, -0.05) is 6.07 Å². The Morgan fingerprint density at radius 1 is 1.17 bits per heavy atom. The molecular weight excluding hydrogens is 276 g/mol. The molecule has 6 nitrogen and oxygen atoms in total. The van der Waals surface area contributed by atoms with Gasteiger partial charge in [-0.25, -0.2) is 21.6 Å². The highest BCUT2D eigenvalue weighted by atomic mass is 32.2. The fourth-order valence-corrected chi connectivity index (χ4v) is 3.34. The van der Waals surface area contributed by atoms with Gasteiger partial charge in [-0.15, -0.1) is 0 Å². The minimum absolute atomic E-state index is 0.0153. The molecule has 2 N–H and O–H groups in total. The summed E-state index contributed by atoms with van der Waals surface area (Å²) in [6, 6.07) is 5.73. The zero-order chi connectivity index (χ0) is 13.4. The minimum atomic E-state index is -3.56. The van der Waals surface area contributed by atoms with Gasteiger partial charge >= 0.3 is 0 Å². The van der Waals surface area contributed by atoms with Crippen molar-refractivity contribution < 1.29 is 16.8 Å². The lowest BCUT2D eigenvalue weighted by Gasteiger charge is -2.08. The van der Waals surface area contributed by atoms with Gasteiger partial charge in [0.1, 0.15) is 0 Å². The van der Waals surface area contributed by atoms with Crippen LogP contribution in [0, 0.1) is 0 Å². The van der Waals surface area contributed by atoms with Crippen LogP contribution in [-0.4, -0.2) is 29.1 Å². The zero-order valence-corrected chi connectivity index (χ0v) is 11.4. The van der Waals surface area contributed by atoms with Crippen LogP contribution in [0.3, 0.4) is 0 Å². The van der Waals surface area contributed by atoms with Crippen LogP contribution < -0.4 is 9.44 Å². The van der Waals surface area contributed by atoms with Crippen LogP contribution in [0.25, 0.3) is 0 Å². The number of sulfonamides is 2. The largest absolute Gasteiger partial charge is 0.284 e. The molecule has 0 aromatic heterocycles. The van der Waals surface area contributed by atoms with Crippen molar-refractivity contribution in [2.24, 2.45) is 0 Å². The van der Waals surface area contributed by atoms with Gasteiger partial charge in [0, 0.05) is 11.7 Å². The zero-order valence-electron chi connectivity index (χ0n) is 9.75. The second-order valence-electron chi connectivity index (χ2n) is 4.30. The van der Waals surface area contributed by atoms with Crippen molar-refractivity contribution in [3.05, 3.63) is 24.3 Å². The molecule has 0 spiro atoms. The van der Waals surface area contributed by atoms with Gasteiger partial charge in [-0.2, -0.15) is 0 Å². The summed E-state index contributed by atoms with van der Waals surface area (Å²) in [5, 5.41) is 0. The number of anilines is 1. The minimum Gasteiger partial charge on any atom is -0.284 e. The van der Waals surface area contributed by atoms with Gasteiger partial charge in [0.2, 0.25) is 20.0 Å². The van der Waals surface area contributed by atoms with Crippen LogP contribution in [0.1, 0.15) is 12.8 Å². The molecule has 0 aliphatic heterocycles. The quantitative estimate of drug-likeness (QED) is 0.826. The van der Waals surface area contributed by atoms with E-state index >= 15 is 0 Å². The monoisotopic (exact) mass is 290 g/mol. The molecule has 2 rings (SSSR count). The van der Waals surface area contributed by atoms with Gasteiger partial charge in [0.25, 0.3) is 0 Å². The Kier molecular flexibility index (Phi) is 3.35. The molecule has 18 heavy (non-hydrogen) atoms. The summed E-state index contributed by atoms with van der Waals surface area (Å²) in [4.78, 5) is 0.0584. The number of benzene rings is 1. The standard InChI is InChI=1S/C10H14N2O4S2/c1-17(13,14)11-9-3-2-4-10(7-9)18(15,16)12-8-5-6-8/h2-4,7-8,11-12H,5-6H2,1H3. The first kappa shape index (κ1) is 13.3. The molecular formula is C10H14N2O4S2. The van der Waals surface area contributed by atoms with Crippen molar-refractivity contribution in [2.75, 3.05) is 11.0 Å². The highest BCUT2D eigenvalue weighted by molar-refractivity contribution is 7.92. The summed E-state index contributed by atoms with van der Waals surface area (Å²) in [6.45, 7) is 0. The van der Waals surface area contributed by atoms with Crippen LogP contribution in [0.2, 0.25) is 0 Å². The summed E-state index contributed by atoms with van der Waals surface area (Å²) in [7, 11) is -6.98. The molecule has 0 saturated heterocycles. The smallest absolute Gasteiger partial charge is 0.240 e. The van der Waals surface area contributed by atoms with E-state index in [4.69, 9.17) is 0 Å². The lowest BCUT2D eigenvalue weighted by Crippen LogP contribution is -2.25. The van der Waals surface area contributed by atoms with Crippen molar-refractivity contribution >= 4 is 25.7 Å². The van der Waals surface area contributed by atoms with Gasteiger partial charge in [-0.05, 0) is 31.0 Å². The Labute approximate surface area is 107 Å². The third kappa shape index (κ3) is 3.69. The predicted molar refractivity (Wildman–Crippen MR) is 68.3 cm³/mol. The molecule has 1 saturated carbocycles. The maximum atomic E-state index is 11.9. The van der Waals surface area contributed by atoms with Crippen molar-refractivity contribution in [3.8, 4) is 0 Å². The Bertz CT molecular complexity index is 648. The van der Waals surface area contributed by atoms with Crippen LogP contribution >= 0.6 is 0 Å². The first-order valence-electron chi connectivity index (χ1n) is 5.36. The van der Waals surface area contributed by atoms with Gasteiger partial charge in [0.15, 0.2) is 0 Å². The molecule has 0 amide bonds. The lowest BCUT2D eigenvalue weighted by atomic mass is 10.3. The molecule has 100 valence electrons. The molecule has 1 fully saturated rings. The number of rotatable bonds is 5. The van der Waals surface area contributed by atoms with E-state index in [0.29, 0.717) is 0 Å². The number of nitrogens with one attached hydrogen (secondary N) is 2. The van der Waals surface area contributed by atoms with Crippen molar-refractivity contribution in [3.63, 3.8) is 0 Å². The van der Waals surface area contributed by atoms with Crippen LogP contribution in [0.15, 0.2) is 29.2 Å². The summed E-state index contributed by atoms with van der Waals surface area (Å²) in [6.07, 6.45) is 2.71. The van der Waals surface area contributed by atoms with E-state index in [0.717, 1.165) is 19.1 Å². The molecule has 1 aliphatic carbocycles. The molecule has 0 unspecified atom stereocenters. The molecule has 8 heteroatoms. The molecule has 0 heterocycles. The third-order valence-corrected chi connectivity index (χ3v) is 4.47. The van der Waals surface area contributed by atoms with Crippen molar-refractivity contribution in [1.29, 1.82) is 0 Å². The second-order valence-corrected chi connectivity index (χ2v) is 7.76. The normalized spacial score (nSPS) is 16.5. The molecule has 1 aliphatic rings. The van der Waals surface area contributed by atoms with Crippen molar-refractivity contribution in [2.45, 2.75) is 23.8 Å². The first-order valence-corrected chi connectivity index (χ1v) is 8.74. The Morgan fingerprint density at radius 3 is 2.39 bits per heavy atom. The molecule has 0 radical (unpaired) electrons. The average Bonchev–Trinajstić information content (AvgIpc) is 2.98. The molecule has 0 atom stereocenters. The van der Waals surface area contributed by atoms with Gasteiger partial charge in [-0.3, -0.25) is 4.72 Å². The fraction of sp³-hybridized carbons (Fsp3) is 0.400. The van der Waals surface area contributed by atoms with E-state index in [1.807, 2.05) is 0 Å². The Hall–Kier alpha value is -1.12. The van der Waals surface area contributed by atoms with E-state index < -0.39 is 20.0 Å². The van der Waals surface area contributed by atoms with E-state index in [-0.39, 0.29) is 16.6 Å². The first-order chi connectivity index (χ1) is 8.26. The van der Waals surface area contributed by atoms with Crippen LogP contribution in [-0.2, 0) is 20.0 Å². The highest BCUT2D eigenvalue weighted by Gasteiger charge is 2.28. The predicted octanol–water partition coefficient (Wildman–Crippen LogP) is 0.499. The SMILES string of the molecule is CS(=O)(=O)Nc1cccc(S(=O)(=O)NC2CC2)c1. The topological polar surface area (TPSA) is 92.3 Å². The van der Waals surface area contributed by atoms with Gasteiger partial charge in [0.05, 0.1) is 11.2 Å². The lowest BCUT2D eigenvalue weighted by molar-refractivity contribution is 0.581. The van der Waals surface area contributed by atoms with E-state index in [2.05, 4.69) is 9.44 Å². The van der Waals surface area contributed by atoms with Crippen LogP contribution in [0.5, 0.6) is 0 Å². The highest BCUT2D eigenvalue weighted by Crippen LogP contribution is 2.23. The van der Waals surface area contributed by atoms with E-state index in [1.165, 1.54) is 24.3 Å². The van der Waals surface area contributed by atoms with Crippen LogP contribution in [0.4, 0.5) is 5.69 Å². The Morgan fingerprint density at radius 2 is 1.83 bits per heavy atom. The third-order valence-electron chi connectivity index (χ3n) is 2.35. The van der Waals surface area contributed by atoms with E-state index in [9.17, 15) is 16.8 Å². The number of hydrogen-bond donors (Lipinski definition) is 2. The molecule has 1 aromatic rings. The Balaban J connectivity index is 2.26. The van der Waals surface area contributed by atoms with Gasteiger partial charge < -0.3 is 0 Å². The maximum Gasteiger partial charge on any atom is 0.240 e. The summed E-state index contributed by atoms with van der Waals surface area (Å²) in [5.74, 6) is 0. The molecule has 0 bridgehead atoms. The molecule has 1 aromatic carbocycles. The fourth-order valence-electron chi connectivity index (χ4n) is 1.43. The average molecular weight is 290 g/mol. The summed E-state index contributed by atoms with van der Waals surface area (Å²) >= 11 is 0. The summed E-state index contributed by atoms with van der Waals surface area (Å²) in [5.41, 5.74) is 0.233. The number of hydrogen-bond acceptors (Lipinski definition) is 4. The second kappa shape index (κ2) is 4.52. The summed E-state index contributed by atoms with van der Waals surface area (Å²) < 4.78 is 50.7. The van der Waals surface area contributed by atoms with E-state index in [1.54, 1.807) is 0 Å². The maximum absolute atomic E-state index is 11.9. The van der Waals surface area contributed by atoms with Crippen molar-refractivity contribution in [1.82, 2.24) is 4.72 Å².